The molecule has 0 aliphatic rings. The first-order valence-corrected chi connectivity index (χ1v) is 10.4. The Labute approximate surface area is 176 Å². The summed E-state index contributed by atoms with van der Waals surface area (Å²) in [5.74, 6) is 1.51. The summed E-state index contributed by atoms with van der Waals surface area (Å²) in [6.07, 6.45) is 1.61. The predicted octanol–water partition coefficient (Wildman–Crippen LogP) is 4.79. The summed E-state index contributed by atoms with van der Waals surface area (Å²) < 4.78 is 12.5. The van der Waals surface area contributed by atoms with Crippen LogP contribution in [0.15, 0.2) is 55.1 Å². The molecule has 7 nitrogen and oxygen atoms in total. The molecule has 3 rings (SSSR count). The van der Waals surface area contributed by atoms with E-state index in [9.17, 15) is 4.79 Å². The molecule has 0 fully saturated rings. The molecule has 1 N–H and O–H groups in total. The average Bonchev–Trinajstić information content (AvgIpc) is 3.12. The zero-order valence-corrected chi connectivity index (χ0v) is 18.1. The van der Waals surface area contributed by atoms with Gasteiger partial charge in [0.15, 0.2) is 0 Å². The summed E-state index contributed by atoms with van der Waals surface area (Å²) in [7, 11) is 0. The molecule has 140 valence electrons. The average molecular weight is 514 g/mol. The van der Waals surface area contributed by atoms with Crippen molar-refractivity contribution in [3.05, 3.63) is 45.5 Å². The van der Waals surface area contributed by atoms with Crippen LogP contribution in [0.4, 0.5) is 5.82 Å². The van der Waals surface area contributed by atoms with E-state index in [4.69, 9.17) is 9.15 Å². The van der Waals surface area contributed by atoms with E-state index in [1.54, 1.807) is 12.3 Å². The number of aromatic nitrogens is 3. The number of anilines is 1. The number of nitrogens with one attached hydrogen (secondary N) is 1. The molecule has 0 saturated heterocycles. The Morgan fingerprint density at radius 1 is 1.26 bits per heavy atom. The summed E-state index contributed by atoms with van der Waals surface area (Å²) in [6.45, 7) is 2.53. The highest BCUT2D eigenvalue weighted by atomic mass is 79.9. The lowest BCUT2D eigenvalue weighted by Gasteiger charge is -2.05. The molecule has 3 aromatic rings. The summed E-state index contributed by atoms with van der Waals surface area (Å²) >= 11 is 7.82. The SMILES string of the molecule is CCOc1ccc(-c2nnc(SCC(=O)Nc3ncc(Br)cc3Br)o2)cc1. The van der Waals surface area contributed by atoms with Crippen LogP contribution in [0.3, 0.4) is 0 Å². The van der Waals surface area contributed by atoms with Crippen LogP contribution in [0.1, 0.15) is 6.92 Å². The standard InChI is InChI=1S/C17H14Br2N4O3S/c1-2-25-12-5-3-10(4-6-12)16-22-23-17(26-16)27-9-14(24)21-15-13(19)7-11(18)8-20-15/h3-8H,2,9H2,1H3,(H,20,21,24). The van der Waals surface area contributed by atoms with Crippen molar-refractivity contribution < 1.29 is 13.9 Å². The lowest BCUT2D eigenvalue weighted by molar-refractivity contribution is -0.113. The molecule has 1 amide bonds. The minimum Gasteiger partial charge on any atom is -0.494 e. The second kappa shape index (κ2) is 9.34. The van der Waals surface area contributed by atoms with Gasteiger partial charge in [-0.05, 0) is 69.1 Å². The number of pyridine rings is 1. The third kappa shape index (κ3) is 5.53. The topological polar surface area (TPSA) is 90.1 Å². The molecule has 1 aromatic carbocycles. The van der Waals surface area contributed by atoms with Crippen molar-refractivity contribution in [3.63, 3.8) is 0 Å². The van der Waals surface area contributed by atoms with Crippen molar-refractivity contribution in [2.24, 2.45) is 0 Å². The van der Waals surface area contributed by atoms with E-state index < -0.39 is 0 Å². The third-order valence-corrected chi connectivity index (χ3v) is 5.07. The normalized spacial score (nSPS) is 10.6. The van der Waals surface area contributed by atoms with Gasteiger partial charge in [-0.2, -0.15) is 0 Å². The van der Waals surface area contributed by atoms with Gasteiger partial charge in [0.25, 0.3) is 5.22 Å². The van der Waals surface area contributed by atoms with Crippen molar-refractivity contribution in [2.75, 3.05) is 17.7 Å². The zero-order chi connectivity index (χ0) is 19.2. The predicted molar refractivity (Wildman–Crippen MR) is 110 cm³/mol. The van der Waals surface area contributed by atoms with Crippen LogP contribution in [-0.4, -0.2) is 33.4 Å². The number of hydrogen-bond acceptors (Lipinski definition) is 7. The van der Waals surface area contributed by atoms with Gasteiger partial charge in [0, 0.05) is 16.2 Å². The number of nitrogens with zero attached hydrogens (tertiary/aromatic N) is 3. The first-order chi connectivity index (χ1) is 13.0. The first-order valence-electron chi connectivity index (χ1n) is 7.85. The lowest BCUT2D eigenvalue weighted by Crippen LogP contribution is -2.15. The number of hydrogen-bond donors (Lipinski definition) is 1. The van der Waals surface area contributed by atoms with Crippen molar-refractivity contribution in [1.29, 1.82) is 0 Å². The molecule has 0 spiro atoms. The van der Waals surface area contributed by atoms with Crippen LogP contribution in [0, 0.1) is 0 Å². The maximum absolute atomic E-state index is 12.1. The van der Waals surface area contributed by atoms with Crippen LogP contribution < -0.4 is 10.1 Å². The number of amides is 1. The van der Waals surface area contributed by atoms with Gasteiger partial charge in [0.1, 0.15) is 11.6 Å². The number of rotatable bonds is 7. The Kier molecular flexibility index (Phi) is 6.86. The molecule has 27 heavy (non-hydrogen) atoms. The maximum Gasteiger partial charge on any atom is 0.277 e. The fourth-order valence-electron chi connectivity index (χ4n) is 2.05. The summed E-state index contributed by atoms with van der Waals surface area (Å²) in [5, 5.41) is 11.0. The summed E-state index contributed by atoms with van der Waals surface area (Å²) in [6, 6.07) is 9.17. The molecule has 0 radical (unpaired) electrons. The Morgan fingerprint density at radius 3 is 2.74 bits per heavy atom. The van der Waals surface area contributed by atoms with Gasteiger partial charge in [-0.3, -0.25) is 4.79 Å². The Balaban J connectivity index is 1.56. The Morgan fingerprint density at radius 2 is 2.04 bits per heavy atom. The van der Waals surface area contributed by atoms with Gasteiger partial charge in [0.05, 0.1) is 16.8 Å². The van der Waals surface area contributed by atoms with E-state index in [0.29, 0.717) is 28.0 Å². The molecule has 2 heterocycles. The smallest absolute Gasteiger partial charge is 0.277 e. The van der Waals surface area contributed by atoms with Crippen LogP contribution >= 0.6 is 43.6 Å². The number of ether oxygens (including phenoxy) is 1. The van der Waals surface area contributed by atoms with E-state index >= 15 is 0 Å². The van der Waals surface area contributed by atoms with Gasteiger partial charge in [-0.25, -0.2) is 4.98 Å². The minimum atomic E-state index is -0.226. The Bertz CT molecular complexity index is 934. The number of thioether (sulfide) groups is 1. The highest BCUT2D eigenvalue weighted by Crippen LogP contribution is 2.26. The van der Waals surface area contributed by atoms with Gasteiger partial charge < -0.3 is 14.5 Å². The molecule has 0 saturated carbocycles. The molecule has 10 heteroatoms. The van der Waals surface area contributed by atoms with Crippen LogP contribution in [0.2, 0.25) is 0 Å². The van der Waals surface area contributed by atoms with E-state index in [1.807, 2.05) is 31.2 Å². The van der Waals surface area contributed by atoms with Crippen LogP contribution in [0.25, 0.3) is 11.5 Å². The minimum absolute atomic E-state index is 0.120. The zero-order valence-electron chi connectivity index (χ0n) is 14.1. The molecule has 0 unspecified atom stereocenters. The van der Waals surface area contributed by atoms with E-state index in [1.165, 1.54) is 0 Å². The largest absolute Gasteiger partial charge is 0.494 e. The summed E-state index contributed by atoms with van der Waals surface area (Å²) in [4.78, 5) is 16.2. The fourth-order valence-corrected chi connectivity index (χ4v) is 3.70. The highest BCUT2D eigenvalue weighted by Gasteiger charge is 2.13. The Hall–Kier alpha value is -1.91. The van der Waals surface area contributed by atoms with Crippen LogP contribution in [-0.2, 0) is 4.79 Å². The second-order valence-electron chi connectivity index (χ2n) is 5.15. The number of halogens is 2. The van der Waals surface area contributed by atoms with Crippen LogP contribution in [0.5, 0.6) is 5.75 Å². The van der Waals surface area contributed by atoms with E-state index in [-0.39, 0.29) is 11.7 Å². The van der Waals surface area contributed by atoms with Crippen molar-refractivity contribution in [1.82, 2.24) is 15.2 Å². The number of carbonyl (C=O) groups excluding carboxylic acids is 1. The quantitative estimate of drug-likeness (QED) is 0.454. The molecule has 0 atom stereocenters. The lowest BCUT2D eigenvalue weighted by atomic mass is 10.2. The second-order valence-corrected chi connectivity index (χ2v) is 7.85. The molecule has 0 bridgehead atoms. The third-order valence-electron chi connectivity index (χ3n) is 3.21. The van der Waals surface area contributed by atoms with Gasteiger partial charge in [0.2, 0.25) is 11.8 Å². The molecule has 0 aliphatic carbocycles. The molecular formula is C17H14Br2N4O3S. The number of benzene rings is 1. The molecular weight excluding hydrogens is 500 g/mol. The highest BCUT2D eigenvalue weighted by molar-refractivity contribution is 9.11. The number of carbonyl (C=O) groups is 1. The first kappa shape index (κ1) is 19.8. The fraction of sp³-hybridized carbons (Fsp3) is 0.176. The van der Waals surface area contributed by atoms with Crippen molar-refractivity contribution in [3.8, 4) is 17.2 Å². The maximum atomic E-state index is 12.1. The molecule has 2 aromatic heterocycles. The summed E-state index contributed by atoms with van der Waals surface area (Å²) in [5.41, 5.74) is 0.783. The van der Waals surface area contributed by atoms with Crippen molar-refractivity contribution in [2.45, 2.75) is 12.1 Å². The molecule has 0 aliphatic heterocycles. The van der Waals surface area contributed by atoms with E-state index in [2.05, 4.69) is 52.4 Å². The van der Waals surface area contributed by atoms with Crippen molar-refractivity contribution >= 4 is 55.3 Å². The van der Waals surface area contributed by atoms with Gasteiger partial charge in [-0.15, -0.1) is 10.2 Å². The van der Waals surface area contributed by atoms with E-state index in [0.717, 1.165) is 27.5 Å². The van der Waals surface area contributed by atoms with Gasteiger partial charge >= 0.3 is 0 Å². The van der Waals surface area contributed by atoms with Gasteiger partial charge in [-0.1, -0.05) is 11.8 Å². The monoisotopic (exact) mass is 512 g/mol.